The zero-order valence-electron chi connectivity index (χ0n) is 15.2. The van der Waals surface area contributed by atoms with Crippen LogP contribution >= 0.6 is 0 Å². The average Bonchev–Trinajstić information content (AvgIpc) is 2.66. The first kappa shape index (κ1) is 19.0. The highest BCUT2D eigenvalue weighted by atomic mass is 16.5. The quantitative estimate of drug-likeness (QED) is 0.640. The monoisotopic (exact) mass is 351 g/mol. The lowest BCUT2D eigenvalue weighted by molar-refractivity contribution is -0.127. The lowest BCUT2D eigenvalue weighted by atomic mass is 10.1. The second-order valence-electron chi connectivity index (χ2n) is 5.77. The Morgan fingerprint density at radius 3 is 2.54 bits per heavy atom. The number of hydrazone groups is 1. The van der Waals surface area contributed by atoms with Crippen LogP contribution < -0.4 is 14.9 Å². The van der Waals surface area contributed by atoms with Gasteiger partial charge in [0, 0.05) is 5.56 Å². The maximum Gasteiger partial charge on any atom is 0.280 e. The van der Waals surface area contributed by atoms with E-state index in [4.69, 9.17) is 14.7 Å². The normalized spacial score (nSPS) is 12.0. The lowest BCUT2D eigenvalue weighted by Gasteiger charge is -2.14. The van der Waals surface area contributed by atoms with Gasteiger partial charge in [0.15, 0.2) is 6.10 Å². The van der Waals surface area contributed by atoms with Gasteiger partial charge in [0.1, 0.15) is 11.5 Å². The SMILES string of the molecule is COc1ccc(C)cc1/C(C)=N\NC(=O)[C@H](C)Oc1ccc(C#N)cc1. The van der Waals surface area contributed by atoms with E-state index in [-0.39, 0.29) is 5.91 Å². The van der Waals surface area contributed by atoms with Crippen LogP contribution in [0.5, 0.6) is 11.5 Å². The van der Waals surface area contributed by atoms with Crippen LogP contribution in [-0.2, 0) is 4.79 Å². The molecule has 0 aliphatic carbocycles. The molecule has 0 saturated carbocycles. The fourth-order valence-electron chi connectivity index (χ4n) is 2.26. The standard InChI is InChI=1S/C20H21N3O3/c1-13-5-10-19(25-4)18(11-13)14(2)22-23-20(24)15(3)26-17-8-6-16(12-21)7-9-17/h5-11,15H,1-4H3,(H,23,24)/b22-14-/t15-/m0/s1. The Labute approximate surface area is 153 Å². The van der Waals surface area contributed by atoms with E-state index in [0.29, 0.717) is 22.8 Å². The molecule has 0 fully saturated rings. The molecule has 1 atom stereocenters. The van der Waals surface area contributed by atoms with Gasteiger partial charge >= 0.3 is 0 Å². The predicted octanol–water partition coefficient (Wildman–Crippen LogP) is 3.18. The molecule has 0 spiro atoms. The van der Waals surface area contributed by atoms with E-state index < -0.39 is 6.10 Å². The largest absolute Gasteiger partial charge is 0.496 e. The molecule has 0 unspecified atom stereocenters. The molecule has 1 N–H and O–H groups in total. The van der Waals surface area contributed by atoms with Gasteiger partial charge < -0.3 is 9.47 Å². The van der Waals surface area contributed by atoms with Gasteiger partial charge in [-0.25, -0.2) is 5.43 Å². The number of benzene rings is 2. The van der Waals surface area contributed by atoms with E-state index >= 15 is 0 Å². The van der Waals surface area contributed by atoms with Crippen LogP contribution in [0.25, 0.3) is 0 Å². The van der Waals surface area contributed by atoms with E-state index in [1.807, 2.05) is 31.2 Å². The maximum atomic E-state index is 12.2. The molecular weight excluding hydrogens is 330 g/mol. The van der Waals surface area contributed by atoms with Crippen LogP contribution in [0, 0.1) is 18.3 Å². The Bertz CT molecular complexity index is 852. The van der Waals surface area contributed by atoms with Crippen molar-refractivity contribution < 1.29 is 14.3 Å². The molecule has 2 aromatic rings. The number of rotatable bonds is 6. The minimum absolute atomic E-state index is 0.375. The van der Waals surface area contributed by atoms with E-state index in [1.54, 1.807) is 45.2 Å². The smallest absolute Gasteiger partial charge is 0.280 e. The van der Waals surface area contributed by atoms with Gasteiger partial charge in [-0.3, -0.25) is 4.79 Å². The molecule has 6 heteroatoms. The van der Waals surface area contributed by atoms with E-state index in [1.165, 1.54) is 0 Å². The number of nitrogens with zero attached hydrogens (tertiary/aromatic N) is 2. The summed E-state index contributed by atoms with van der Waals surface area (Å²) in [7, 11) is 1.59. The van der Waals surface area contributed by atoms with Gasteiger partial charge in [0.2, 0.25) is 0 Å². The first-order valence-corrected chi connectivity index (χ1v) is 8.10. The van der Waals surface area contributed by atoms with Gasteiger partial charge in [-0.1, -0.05) is 11.6 Å². The number of methoxy groups -OCH3 is 1. The van der Waals surface area contributed by atoms with Crippen molar-refractivity contribution in [1.82, 2.24) is 5.43 Å². The molecule has 26 heavy (non-hydrogen) atoms. The van der Waals surface area contributed by atoms with Gasteiger partial charge in [0.25, 0.3) is 5.91 Å². The summed E-state index contributed by atoms with van der Waals surface area (Å²) < 4.78 is 10.9. The summed E-state index contributed by atoms with van der Waals surface area (Å²) in [6.45, 7) is 5.40. The molecule has 2 rings (SSSR count). The zero-order valence-corrected chi connectivity index (χ0v) is 15.2. The predicted molar refractivity (Wildman–Crippen MR) is 99.3 cm³/mol. The van der Waals surface area contributed by atoms with E-state index in [2.05, 4.69) is 10.5 Å². The van der Waals surface area contributed by atoms with E-state index in [9.17, 15) is 4.79 Å². The summed E-state index contributed by atoms with van der Waals surface area (Å²) in [4.78, 5) is 12.2. The molecule has 0 aliphatic heterocycles. The molecular formula is C20H21N3O3. The summed E-state index contributed by atoms with van der Waals surface area (Å²) >= 11 is 0. The summed E-state index contributed by atoms with van der Waals surface area (Å²) in [6.07, 6.45) is -0.737. The van der Waals surface area contributed by atoms with Crippen LogP contribution in [0.4, 0.5) is 0 Å². The van der Waals surface area contributed by atoms with Crippen molar-refractivity contribution in [3.63, 3.8) is 0 Å². The Morgan fingerprint density at radius 1 is 1.23 bits per heavy atom. The summed E-state index contributed by atoms with van der Waals surface area (Å²) in [5.41, 5.74) is 5.55. The van der Waals surface area contributed by atoms with Crippen LogP contribution in [0.15, 0.2) is 47.6 Å². The maximum absolute atomic E-state index is 12.2. The van der Waals surface area contributed by atoms with Crippen LogP contribution in [0.1, 0.15) is 30.5 Å². The molecule has 0 saturated heterocycles. The number of nitriles is 1. The van der Waals surface area contributed by atoms with Crippen LogP contribution in [-0.4, -0.2) is 24.8 Å². The van der Waals surface area contributed by atoms with Crippen molar-refractivity contribution in [3.05, 3.63) is 59.2 Å². The Balaban J connectivity index is 2.03. The number of nitrogens with one attached hydrogen (secondary N) is 1. The molecule has 0 aromatic heterocycles. The highest BCUT2D eigenvalue weighted by Crippen LogP contribution is 2.20. The molecule has 0 heterocycles. The number of ether oxygens (including phenoxy) is 2. The number of aryl methyl sites for hydroxylation is 1. The van der Waals surface area contributed by atoms with Crippen molar-refractivity contribution in [2.24, 2.45) is 5.10 Å². The third kappa shape index (κ3) is 4.84. The second kappa shape index (κ2) is 8.67. The van der Waals surface area contributed by atoms with Crippen molar-refractivity contribution >= 4 is 11.6 Å². The van der Waals surface area contributed by atoms with Crippen molar-refractivity contribution in [2.45, 2.75) is 26.9 Å². The molecule has 0 aliphatic rings. The number of hydrogen-bond donors (Lipinski definition) is 1. The third-order valence-corrected chi connectivity index (χ3v) is 3.74. The number of carbonyl (C=O) groups is 1. The number of carbonyl (C=O) groups excluding carboxylic acids is 1. The Morgan fingerprint density at radius 2 is 1.92 bits per heavy atom. The molecule has 6 nitrogen and oxygen atoms in total. The number of amides is 1. The van der Waals surface area contributed by atoms with Gasteiger partial charge in [-0.05, 0) is 57.2 Å². The molecule has 1 amide bonds. The molecule has 134 valence electrons. The summed E-state index contributed by atoms with van der Waals surface area (Å²) in [6, 6.07) is 14.3. The summed E-state index contributed by atoms with van der Waals surface area (Å²) in [5, 5.41) is 12.9. The van der Waals surface area contributed by atoms with E-state index in [0.717, 1.165) is 11.1 Å². The summed E-state index contributed by atoms with van der Waals surface area (Å²) in [5.74, 6) is 0.820. The van der Waals surface area contributed by atoms with Crippen LogP contribution in [0.2, 0.25) is 0 Å². The Kier molecular flexibility index (Phi) is 6.34. The molecule has 0 radical (unpaired) electrons. The first-order valence-electron chi connectivity index (χ1n) is 8.10. The fraction of sp³-hybridized carbons (Fsp3) is 0.250. The lowest BCUT2D eigenvalue weighted by Crippen LogP contribution is -2.34. The number of hydrogen-bond acceptors (Lipinski definition) is 5. The third-order valence-electron chi connectivity index (χ3n) is 3.74. The molecule has 2 aromatic carbocycles. The molecule has 0 bridgehead atoms. The van der Waals surface area contributed by atoms with Gasteiger partial charge in [0.05, 0.1) is 24.5 Å². The average molecular weight is 351 g/mol. The highest BCUT2D eigenvalue weighted by Gasteiger charge is 2.15. The van der Waals surface area contributed by atoms with Crippen LogP contribution in [0.3, 0.4) is 0 Å². The van der Waals surface area contributed by atoms with Crippen molar-refractivity contribution in [3.8, 4) is 17.6 Å². The fourth-order valence-corrected chi connectivity index (χ4v) is 2.26. The van der Waals surface area contributed by atoms with Crippen molar-refractivity contribution in [2.75, 3.05) is 7.11 Å². The van der Waals surface area contributed by atoms with Gasteiger partial charge in [-0.2, -0.15) is 10.4 Å². The highest BCUT2D eigenvalue weighted by molar-refractivity contribution is 6.01. The minimum Gasteiger partial charge on any atom is -0.496 e. The first-order chi connectivity index (χ1) is 12.4. The van der Waals surface area contributed by atoms with Crippen molar-refractivity contribution in [1.29, 1.82) is 5.26 Å². The topological polar surface area (TPSA) is 83.7 Å². The zero-order chi connectivity index (χ0) is 19.1. The van der Waals surface area contributed by atoms with Gasteiger partial charge in [-0.15, -0.1) is 0 Å². The second-order valence-corrected chi connectivity index (χ2v) is 5.77. The Hall–Kier alpha value is -3.33. The minimum atomic E-state index is -0.737.